The Kier molecular flexibility index (Phi) is 4.30. The van der Waals surface area contributed by atoms with E-state index in [0.29, 0.717) is 0 Å². The smallest absolute Gasteiger partial charge is 0.243 e. The van der Waals surface area contributed by atoms with Gasteiger partial charge in [-0.15, -0.1) is 0 Å². The summed E-state index contributed by atoms with van der Waals surface area (Å²) in [6.45, 7) is -0.315. The van der Waals surface area contributed by atoms with Crippen LogP contribution in [0.3, 0.4) is 0 Å². The van der Waals surface area contributed by atoms with Gasteiger partial charge < -0.3 is 5.73 Å². The molecule has 0 saturated heterocycles. The first-order chi connectivity index (χ1) is 8.12. The van der Waals surface area contributed by atoms with Crippen LogP contribution in [0.15, 0.2) is 23.1 Å². The van der Waals surface area contributed by atoms with Crippen LogP contribution in [0.5, 0.6) is 0 Å². The number of nitrogens with one attached hydrogen (secondary N) is 1. The van der Waals surface area contributed by atoms with Gasteiger partial charge in [0.15, 0.2) is 0 Å². The minimum absolute atomic E-state index is 0.0996. The van der Waals surface area contributed by atoms with E-state index in [4.69, 9.17) is 5.73 Å². The number of sulfone groups is 1. The largest absolute Gasteiger partial charge is 0.399 e. The molecule has 0 radical (unpaired) electrons. The summed E-state index contributed by atoms with van der Waals surface area (Å²) in [7, 11) is -7.36. The Hall–Kier alpha value is -1.19. The van der Waals surface area contributed by atoms with E-state index in [1.54, 1.807) is 0 Å². The summed E-state index contributed by atoms with van der Waals surface area (Å²) >= 11 is 0. The third-order valence-corrected chi connectivity index (χ3v) is 4.45. The molecule has 9 heteroatoms. The van der Waals surface area contributed by atoms with Crippen LogP contribution in [0.1, 0.15) is 0 Å². The predicted molar refractivity (Wildman–Crippen MR) is 65.7 cm³/mol. The van der Waals surface area contributed by atoms with E-state index in [9.17, 15) is 21.2 Å². The van der Waals surface area contributed by atoms with Crippen molar-refractivity contribution in [2.24, 2.45) is 0 Å². The maximum Gasteiger partial charge on any atom is 0.243 e. The Morgan fingerprint density at radius 1 is 1.28 bits per heavy atom. The van der Waals surface area contributed by atoms with E-state index in [1.807, 2.05) is 4.72 Å². The Labute approximate surface area is 105 Å². The number of hydrogen-bond donors (Lipinski definition) is 2. The molecule has 102 valence electrons. The molecule has 0 aliphatic rings. The molecule has 0 fully saturated rings. The van der Waals surface area contributed by atoms with Gasteiger partial charge in [0, 0.05) is 18.5 Å². The summed E-state index contributed by atoms with van der Waals surface area (Å²) in [6.07, 6.45) is 0.977. The van der Waals surface area contributed by atoms with Crippen LogP contribution in [0.25, 0.3) is 0 Å². The quantitative estimate of drug-likeness (QED) is 0.728. The topological polar surface area (TPSA) is 106 Å². The molecule has 1 aromatic rings. The lowest BCUT2D eigenvalue weighted by atomic mass is 10.3. The average Bonchev–Trinajstić information content (AvgIpc) is 2.13. The number of rotatable bonds is 5. The van der Waals surface area contributed by atoms with Gasteiger partial charge in [0.1, 0.15) is 20.5 Å². The van der Waals surface area contributed by atoms with Gasteiger partial charge in [0.25, 0.3) is 0 Å². The summed E-state index contributed by atoms with van der Waals surface area (Å²) in [6, 6.07) is 3.15. The third-order valence-electron chi connectivity index (χ3n) is 2.01. The molecule has 0 saturated carbocycles. The van der Waals surface area contributed by atoms with Crippen LogP contribution in [0, 0.1) is 5.82 Å². The number of sulfonamides is 1. The Bertz CT molecular complexity index is 641. The van der Waals surface area contributed by atoms with Gasteiger partial charge in [-0.1, -0.05) is 0 Å². The lowest BCUT2D eigenvalue weighted by Crippen LogP contribution is -2.29. The fraction of sp³-hybridized carbons (Fsp3) is 0.333. The molecule has 0 unspecified atom stereocenters. The normalized spacial score (nSPS) is 12.6. The van der Waals surface area contributed by atoms with Crippen molar-refractivity contribution in [1.29, 1.82) is 0 Å². The predicted octanol–water partition coefficient (Wildman–Crippen LogP) is -0.269. The van der Waals surface area contributed by atoms with E-state index in [-0.39, 0.29) is 18.0 Å². The molecule has 0 heterocycles. The van der Waals surface area contributed by atoms with Gasteiger partial charge in [-0.2, -0.15) is 0 Å². The highest BCUT2D eigenvalue weighted by molar-refractivity contribution is 7.91. The molecular formula is C9H13FN2O4S2. The fourth-order valence-electron chi connectivity index (χ4n) is 1.17. The molecular weight excluding hydrogens is 283 g/mol. The number of nitrogens with two attached hydrogens (primary N) is 1. The highest BCUT2D eigenvalue weighted by Gasteiger charge is 2.19. The molecule has 18 heavy (non-hydrogen) atoms. The SMILES string of the molecule is CS(=O)(=O)CCNS(=O)(=O)c1ccc(N)cc1F. The zero-order valence-electron chi connectivity index (χ0n) is 9.55. The minimum atomic E-state index is -4.08. The maximum atomic E-state index is 13.4. The Morgan fingerprint density at radius 2 is 1.89 bits per heavy atom. The van der Waals surface area contributed by atoms with Crippen LogP contribution in [-0.2, 0) is 19.9 Å². The first-order valence-electron chi connectivity index (χ1n) is 4.84. The van der Waals surface area contributed by atoms with Crippen LogP contribution in [-0.4, -0.2) is 35.4 Å². The molecule has 1 rings (SSSR count). The standard InChI is InChI=1S/C9H13FN2O4S2/c1-17(13,14)5-4-12-18(15,16)9-3-2-7(11)6-8(9)10/h2-3,6,12H,4-5,11H2,1H3. The summed E-state index contributed by atoms with van der Waals surface area (Å²) < 4.78 is 60.4. The van der Waals surface area contributed by atoms with Gasteiger partial charge in [0.05, 0.1) is 5.75 Å². The van der Waals surface area contributed by atoms with Crippen LogP contribution < -0.4 is 10.5 Å². The Balaban J connectivity index is 2.87. The van der Waals surface area contributed by atoms with Crippen LogP contribution in [0.2, 0.25) is 0 Å². The van der Waals surface area contributed by atoms with Crippen molar-refractivity contribution in [2.45, 2.75) is 4.90 Å². The van der Waals surface area contributed by atoms with Gasteiger partial charge in [0.2, 0.25) is 10.0 Å². The minimum Gasteiger partial charge on any atom is -0.399 e. The number of halogens is 1. The average molecular weight is 296 g/mol. The van der Waals surface area contributed by atoms with Crippen molar-refractivity contribution in [2.75, 3.05) is 24.3 Å². The van der Waals surface area contributed by atoms with E-state index in [1.165, 1.54) is 6.07 Å². The molecule has 0 bridgehead atoms. The number of hydrogen-bond acceptors (Lipinski definition) is 5. The molecule has 0 amide bonds. The van der Waals surface area contributed by atoms with Crippen molar-refractivity contribution in [1.82, 2.24) is 4.72 Å². The number of anilines is 1. The van der Waals surface area contributed by atoms with Crippen molar-refractivity contribution < 1.29 is 21.2 Å². The summed E-state index contributed by atoms with van der Waals surface area (Å²) in [4.78, 5) is -0.565. The van der Waals surface area contributed by atoms with Gasteiger partial charge in [-0.05, 0) is 18.2 Å². The number of nitrogen functional groups attached to an aromatic ring is 1. The first-order valence-corrected chi connectivity index (χ1v) is 8.38. The molecule has 0 spiro atoms. The van der Waals surface area contributed by atoms with Crippen LogP contribution in [0.4, 0.5) is 10.1 Å². The van der Waals surface area contributed by atoms with E-state index in [0.717, 1.165) is 18.4 Å². The first kappa shape index (κ1) is 14.9. The monoisotopic (exact) mass is 296 g/mol. The molecule has 0 atom stereocenters. The summed E-state index contributed by atoms with van der Waals surface area (Å²) in [5, 5.41) is 0. The van der Waals surface area contributed by atoms with Crippen molar-refractivity contribution in [3.05, 3.63) is 24.0 Å². The van der Waals surface area contributed by atoms with Gasteiger partial charge in [-0.25, -0.2) is 25.9 Å². The second kappa shape index (κ2) is 5.21. The zero-order valence-corrected chi connectivity index (χ0v) is 11.2. The van der Waals surface area contributed by atoms with E-state index >= 15 is 0 Å². The van der Waals surface area contributed by atoms with Crippen molar-refractivity contribution in [3.8, 4) is 0 Å². The fourth-order valence-corrected chi connectivity index (χ4v) is 2.87. The zero-order chi connectivity index (χ0) is 14.0. The van der Waals surface area contributed by atoms with Crippen LogP contribution >= 0.6 is 0 Å². The van der Waals surface area contributed by atoms with Gasteiger partial charge >= 0.3 is 0 Å². The lowest BCUT2D eigenvalue weighted by Gasteiger charge is -2.07. The molecule has 3 N–H and O–H groups in total. The maximum absolute atomic E-state index is 13.4. The lowest BCUT2D eigenvalue weighted by molar-refractivity contribution is 0.558. The third kappa shape index (κ3) is 4.24. The molecule has 0 aromatic heterocycles. The van der Waals surface area contributed by atoms with E-state index < -0.39 is 30.6 Å². The molecule has 0 aliphatic carbocycles. The van der Waals surface area contributed by atoms with E-state index in [2.05, 4.69) is 0 Å². The second-order valence-electron chi connectivity index (χ2n) is 3.72. The summed E-state index contributed by atoms with van der Waals surface area (Å²) in [5.74, 6) is -1.34. The second-order valence-corrected chi connectivity index (χ2v) is 7.71. The van der Waals surface area contributed by atoms with Crippen molar-refractivity contribution >= 4 is 25.5 Å². The Morgan fingerprint density at radius 3 is 2.39 bits per heavy atom. The summed E-state index contributed by atoms with van der Waals surface area (Å²) in [5.41, 5.74) is 5.39. The van der Waals surface area contributed by atoms with Crippen molar-refractivity contribution in [3.63, 3.8) is 0 Å². The highest BCUT2D eigenvalue weighted by Crippen LogP contribution is 2.16. The molecule has 1 aromatic carbocycles. The molecule has 6 nitrogen and oxygen atoms in total. The highest BCUT2D eigenvalue weighted by atomic mass is 32.2. The number of benzene rings is 1. The van der Waals surface area contributed by atoms with Gasteiger partial charge in [-0.3, -0.25) is 0 Å². The molecule has 0 aliphatic heterocycles.